The fraction of sp³-hybridized carbons (Fsp3) is 0.308. The van der Waals surface area contributed by atoms with E-state index in [1.165, 1.54) is 5.56 Å². The molecule has 0 fully saturated rings. The molecule has 0 saturated carbocycles. The van der Waals surface area contributed by atoms with Gasteiger partial charge in [-0.2, -0.15) is 4.98 Å². The molecule has 18 heavy (non-hydrogen) atoms. The zero-order valence-electron chi connectivity index (χ0n) is 10.6. The van der Waals surface area contributed by atoms with E-state index in [1.54, 1.807) is 0 Å². The molecule has 0 aliphatic heterocycles. The van der Waals surface area contributed by atoms with Crippen molar-refractivity contribution in [3.63, 3.8) is 0 Å². The predicted molar refractivity (Wildman–Crippen MR) is 67.0 cm³/mol. The monoisotopic (exact) mass is 245 g/mol. The molecule has 2 rings (SSSR count). The molecule has 0 atom stereocenters. The number of rotatable bonds is 2. The topological polar surface area (TPSA) is 82.0 Å². The Morgan fingerprint density at radius 3 is 2.28 bits per heavy atom. The molecule has 94 valence electrons. The van der Waals surface area contributed by atoms with Crippen LogP contribution >= 0.6 is 0 Å². The predicted octanol–water partition coefficient (Wildman–Crippen LogP) is 2.13. The lowest BCUT2D eigenvalue weighted by molar-refractivity contribution is 0.0958. The van der Waals surface area contributed by atoms with Gasteiger partial charge in [0.2, 0.25) is 5.82 Å². The first-order valence-electron chi connectivity index (χ1n) is 5.62. The van der Waals surface area contributed by atoms with Crippen molar-refractivity contribution in [1.82, 2.24) is 10.1 Å². The van der Waals surface area contributed by atoms with Crippen LogP contribution in [-0.4, -0.2) is 16.0 Å². The molecule has 0 spiro atoms. The number of amides is 1. The summed E-state index contributed by atoms with van der Waals surface area (Å²) >= 11 is 0. The smallest absolute Gasteiger partial charge is 0.316 e. The highest BCUT2D eigenvalue weighted by molar-refractivity contribution is 5.88. The Hall–Kier alpha value is -2.17. The zero-order valence-corrected chi connectivity index (χ0v) is 10.6. The number of carbonyl (C=O) groups excluding carboxylic acids is 1. The van der Waals surface area contributed by atoms with Gasteiger partial charge in [0.1, 0.15) is 0 Å². The van der Waals surface area contributed by atoms with Gasteiger partial charge in [-0.25, -0.2) is 0 Å². The summed E-state index contributed by atoms with van der Waals surface area (Å²) in [6, 6.07) is 7.82. The van der Waals surface area contributed by atoms with Crippen LogP contribution in [0.5, 0.6) is 0 Å². The Kier molecular flexibility index (Phi) is 2.90. The quantitative estimate of drug-likeness (QED) is 0.878. The van der Waals surface area contributed by atoms with E-state index >= 15 is 0 Å². The van der Waals surface area contributed by atoms with Crippen molar-refractivity contribution in [1.29, 1.82) is 0 Å². The van der Waals surface area contributed by atoms with E-state index in [0.717, 1.165) is 5.56 Å². The van der Waals surface area contributed by atoms with Gasteiger partial charge in [0, 0.05) is 5.56 Å². The molecule has 0 aliphatic carbocycles. The third-order valence-electron chi connectivity index (χ3n) is 2.65. The average Bonchev–Trinajstić information content (AvgIpc) is 2.77. The Morgan fingerprint density at radius 2 is 1.83 bits per heavy atom. The van der Waals surface area contributed by atoms with Crippen LogP contribution in [-0.2, 0) is 5.41 Å². The molecule has 1 aromatic carbocycles. The molecule has 0 aliphatic rings. The first-order valence-corrected chi connectivity index (χ1v) is 5.62. The second-order valence-electron chi connectivity index (χ2n) is 5.11. The highest BCUT2D eigenvalue weighted by atomic mass is 16.5. The number of aromatic nitrogens is 2. The van der Waals surface area contributed by atoms with Crippen LogP contribution in [0.1, 0.15) is 37.0 Å². The summed E-state index contributed by atoms with van der Waals surface area (Å²) in [7, 11) is 0. The third kappa shape index (κ3) is 2.40. The van der Waals surface area contributed by atoms with Crippen LogP contribution in [0.25, 0.3) is 11.4 Å². The summed E-state index contributed by atoms with van der Waals surface area (Å²) in [6.07, 6.45) is 0. The number of hydrogen-bond acceptors (Lipinski definition) is 4. The van der Waals surface area contributed by atoms with Gasteiger partial charge in [0.05, 0.1) is 0 Å². The SMILES string of the molecule is CC(C)(C)c1ccc(-c2noc(C(N)=O)n2)cc1. The number of primary amides is 1. The van der Waals surface area contributed by atoms with Crippen LogP contribution in [0, 0.1) is 0 Å². The average molecular weight is 245 g/mol. The Morgan fingerprint density at radius 1 is 1.22 bits per heavy atom. The van der Waals surface area contributed by atoms with Gasteiger partial charge >= 0.3 is 11.8 Å². The third-order valence-corrected chi connectivity index (χ3v) is 2.65. The maximum Gasteiger partial charge on any atom is 0.316 e. The van der Waals surface area contributed by atoms with Crippen molar-refractivity contribution >= 4 is 5.91 Å². The molecule has 1 aromatic heterocycles. The van der Waals surface area contributed by atoms with E-state index in [-0.39, 0.29) is 11.3 Å². The van der Waals surface area contributed by atoms with Crippen molar-refractivity contribution < 1.29 is 9.32 Å². The van der Waals surface area contributed by atoms with Gasteiger partial charge < -0.3 is 10.3 Å². The van der Waals surface area contributed by atoms with Crippen LogP contribution in [0.3, 0.4) is 0 Å². The Balaban J connectivity index is 2.31. The molecular formula is C13H15N3O2. The van der Waals surface area contributed by atoms with E-state index < -0.39 is 5.91 Å². The lowest BCUT2D eigenvalue weighted by atomic mass is 9.87. The summed E-state index contributed by atoms with van der Waals surface area (Å²) < 4.78 is 4.74. The number of benzene rings is 1. The summed E-state index contributed by atoms with van der Waals surface area (Å²) in [6.45, 7) is 6.42. The minimum atomic E-state index is -0.722. The number of nitrogens with two attached hydrogens (primary N) is 1. The molecule has 0 bridgehead atoms. The van der Waals surface area contributed by atoms with Crippen LogP contribution in [0.15, 0.2) is 28.8 Å². The fourth-order valence-electron chi connectivity index (χ4n) is 1.56. The summed E-state index contributed by atoms with van der Waals surface area (Å²) in [5.41, 5.74) is 7.15. The van der Waals surface area contributed by atoms with Gasteiger partial charge in [-0.15, -0.1) is 0 Å². The van der Waals surface area contributed by atoms with Gasteiger partial charge in [0.25, 0.3) is 0 Å². The molecule has 5 nitrogen and oxygen atoms in total. The Labute approximate surface area is 105 Å². The van der Waals surface area contributed by atoms with Gasteiger partial charge in [-0.05, 0) is 11.0 Å². The number of hydrogen-bond donors (Lipinski definition) is 1. The van der Waals surface area contributed by atoms with Crippen LogP contribution in [0.2, 0.25) is 0 Å². The summed E-state index contributed by atoms with van der Waals surface area (Å²) in [4.78, 5) is 14.8. The molecule has 1 heterocycles. The zero-order chi connectivity index (χ0) is 13.3. The molecule has 0 saturated heterocycles. The maximum absolute atomic E-state index is 10.9. The van der Waals surface area contributed by atoms with E-state index in [2.05, 4.69) is 30.9 Å². The van der Waals surface area contributed by atoms with Gasteiger partial charge in [-0.3, -0.25) is 4.79 Å². The van der Waals surface area contributed by atoms with Crippen molar-refractivity contribution in [3.05, 3.63) is 35.7 Å². The molecular weight excluding hydrogens is 230 g/mol. The molecule has 2 aromatic rings. The number of nitrogens with zero attached hydrogens (tertiary/aromatic N) is 2. The molecule has 2 N–H and O–H groups in total. The van der Waals surface area contributed by atoms with Crippen molar-refractivity contribution in [3.8, 4) is 11.4 Å². The van der Waals surface area contributed by atoms with Crippen LogP contribution < -0.4 is 5.73 Å². The second-order valence-corrected chi connectivity index (χ2v) is 5.11. The van der Waals surface area contributed by atoms with Crippen molar-refractivity contribution in [2.75, 3.05) is 0 Å². The first kappa shape index (κ1) is 12.3. The lowest BCUT2D eigenvalue weighted by Gasteiger charge is -2.18. The normalized spacial score (nSPS) is 11.5. The van der Waals surface area contributed by atoms with Gasteiger partial charge in [0.15, 0.2) is 0 Å². The van der Waals surface area contributed by atoms with E-state index in [1.807, 2.05) is 24.3 Å². The maximum atomic E-state index is 10.9. The Bertz CT molecular complexity index is 565. The van der Waals surface area contributed by atoms with E-state index in [9.17, 15) is 4.79 Å². The van der Waals surface area contributed by atoms with Gasteiger partial charge in [-0.1, -0.05) is 50.2 Å². The summed E-state index contributed by atoms with van der Waals surface area (Å²) in [5.74, 6) is -0.533. The highest BCUT2D eigenvalue weighted by Gasteiger charge is 2.15. The second kappa shape index (κ2) is 4.25. The summed E-state index contributed by atoms with van der Waals surface area (Å²) in [5, 5.41) is 3.71. The number of carbonyl (C=O) groups is 1. The fourth-order valence-corrected chi connectivity index (χ4v) is 1.56. The minimum absolute atomic E-state index is 0.0914. The first-order chi connectivity index (χ1) is 8.38. The molecule has 1 amide bonds. The van der Waals surface area contributed by atoms with E-state index in [4.69, 9.17) is 10.3 Å². The lowest BCUT2D eigenvalue weighted by Crippen LogP contribution is -2.11. The van der Waals surface area contributed by atoms with Crippen molar-refractivity contribution in [2.24, 2.45) is 5.73 Å². The van der Waals surface area contributed by atoms with Crippen molar-refractivity contribution in [2.45, 2.75) is 26.2 Å². The molecule has 5 heteroatoms. The largest absolute Gasteiger partial charge is 0.361 e. The van der Waals surface area contributed by atoms with E-state index in [0.29, 0.717) is 5.82 Å². The minimum Gasteiger partial charge on any atom is -0.361 e. The molecule has 0 radical (unpaired) electrons. The standard InChI is InChI=1S/C13H15N3O2/c1-13(2,3)9-6-4-8(5-7-9)11-15-12(10(14)17)18-16-11/h4-7H,1-3H3,(H2,14,17). The molecule has 0 unspecified atom stereocenters. The highest BCUT2D eigenvalue weighted by Crippen LogP contribution is 2.24. The van der Waals surface area contributed by atoms with Crippen LogP contribution in [0.4, 0.5) is 0 Å².